The first-order valence-electron chi connectivity index (χ1n) is 6.80. The molecule has 122 valence electrons. The zero-order valence-electron chi connectivity index (χ0n) is 12.5. The Morgan fingerprint density at radius 3 is 2.58 bits per heavy atom. The van der Waals surface area contributed by atoms with Gasteiger partial charge in [0.2, 0.25) is 0 Å². The molecule has 0 aromatic heterocycles. The van der Waals surface area contributed by atoms with Gasteiger partial charge < -0.3 is 10.6 Å². The second-order valence-electron chi connectivity index (χ2n) is 4.83. The Hall–Kier alpha value is -2.19. The number of benzene rings is 2. The Kier molecular flexibility index (Phi) is 6.10. The molecule has 24 heavy (non-hydrogen) atoms. The molecule has 1 amide bonds. The summed E-state index contributed by atoms with van der Waals surface area (Å²) in [6.07, 6.45) is 1.32. The van der Waals surface area contributed by atoms with E-state index in [9.17, 15) is 10.1 Å². The molecule has 0 aliphatic rings. The van der Waals surface area contributed by atoms with Gasteiger partial charge in [-0.2, -0.15) is 5.26 Å². The van der Waals surface area contributed by atoms with E-state index in [1.807, 2.05) is 13.0 Å². The van der Waals surface area contributed by atoms with Gasteiger partial charge in [-0.1, -0.05) is 40.9 Å². The number of halogens is 3. The summed E-state index contributed by atoms with van der Waals surface area (Å²) in [5.41, 5.74) is 1.84. The van der Waals surface area contributed by atoms with E-state index in [1.165, 1.54) is 6.20 Å². The van der Waals surface area contributed by atoms with E-state index in [4.69, 9.17) is 34.8 Å². The van der Waals surface area contributed by atoms with Gasteiger partial charge >= 0.3 is 0 Å². The van der Waals surface area contributed by atoms with E-state index >= 15 is 0 Å². The van der Waals surface area contributed by atoms with Crippen molar-refractivity contribution in [2.75, 3.05) is 10.6 Å². The van der Waals surface area contributed by atoms with Crippen LogP contribution in [-0.2, 0) is 4.79 Å². The van der Waals surface area contributed by atoms with Gasteiger partial charge in [0.1, 0.15) is 11.6 Å². The molecule has 0 unspecified atom stereocenters. The van der Waals surface area contributed by atoms with Crippen LogP contribution in [0.1, 0.15) is 5.56 Å². The predicted molar refractivity (Wildman–Crippen MR) is 98.6 cm³/mol. The molecular weight excluding hydrogens is 369 g/mol. The molecule has 0 heterocycles. The van der Waals surface area contributed by atoms with Crippen LogP contribution in [0.3, 0.4) is 0 Å². The van der Waals surface area contributed by atoms with Crippen LogP contribution in [0.4, 0.5) is 11.4 Å². The Morgan fingerprint density at radius 2 is 1.92 bits per heavy atom. The second kappa shape index (κ2) is 8.07. The van der Waals surface area contributed by atoms with Crippen molar-refractivity contribution in [2.45, 2.75) is 6.92 Å². The standard InChI is InChI=1S/C17H12Cl3N3O/c1-10-7-12(18)5-6-14(10)22-9-11(8-21)17(24)23-15-4-2-3-13(19)16(15)20/h2-7,9,22H,1H3,(H,23,24)/b11-9-. The molecule has 4 nitrogen and oxygen atoms in total. The van der Waals surface area contributed by atoms with Gasteiger partial charge in [-0.3, -0.25) is 4.79 Å². The fraction of sp³-hybridized carbons (Fsp3) is 0.0588. The molecule has 2 aromatic carbocycles. The van der Waals surface area contributed by atoms with Crippen LogP contribution in [0.2, 0.25) is 15.1 Å². The maximum absolute atomic E-state index is 12.2. The zero-order chi connectivity index (χ0) is 17.7. The van der Waals surface area contributed by atoms with E-state index in [1.54, 1.807) is 36.4 Å². The number of hydrogen-bond acceptors (Lipinski definition) is 3. The normalized spacial score (nSPS) is 10.9. The van der Waals surface area contributed by atoms with Gasteiger partial charge in [0.15, 0.2) is 0 Å². The van der Waals surface area contributed by atoms with E-state index in [-0.39, 0.29) is 10.6 Å². The third kappa shape index (κ3) is 4.42. The molecule has 0 saturated carbocycles. The molecule has 0 aliphatic heterocycles. The lowest BCUT2D eigenvalue weighted by Crippen LogP contribution is -2.15. The lowest BCUT2D eigenvalue weighted by Gasteiger charge is -2.09. The highest BCUT2D eigenvalue weighted by molar-refractivity contribution is 6.44. The molecule has 0 atom stereocenters. The molecule has 2 N–H and O–H groups in total. The number of nitrogens with one attached hydrogen (secondary N) is 2. The first kappa shape index (κ1) is 18.2. The Labute approximate surface area is 154 Å². The monoisotopic (exact) mass is 379 g/mol. The van der Waals surface area contributed by atoms with Crippen LogP contribution >= 0.6 is 34.8 Å². The average molecular weight is 381 g/mol. The Morgan fingerprint density at radius 1 is 1.17 bits per heavy atom. The molecule has 0 saturated heterocycles. The highest BCUT2D eigenvalue weighted by Crippen LogP contribution is 2.29. The first-order chi connectivity index (χ1) is 11.4. The molecule has 0 fully saturated rings. The van der Waals surface area contributed by atoms with E-state index in [2.05, 4.69) is 10.6 Å². The molecular formula is C17H12Cl3N3O. The molecule has 2 aromatic rings. The minimum absolute atomic E-state index is 0.111. The number of carbonyl (C=O) groups is 1. The summed E-state index contributed by atoms with van der Waals surface area (Å²) in [7, 11) is 0. The van der Waals surface area contributed by atoms with Crippen molar-refractivity contribution < 1.29 is 4.79 Å². The highest BCUT2D eigenvalue weighted by Gasteiger charge is 2.12. The van der Waals surface area contributed by atoms with Gasteiger partial charge in [0.05, 0.1) is 15.7 Å². The van der Waals surface area contributed by atoms with Crippen molar-refractivity contribution in [3.8, 4) is 6.07 Å². The highest BCUT2D eigenvalue weighted by atomic mass is 35.5. The van der Waals surface area contributed by atoms with Gasteiger partial charge in [-0.15, -0.1) is 0 Å². The van der Waals surface area contributed by atoms with Crippen LogP contribution < -0.4 is 10.6 Å². The quantitative estimate of drug-likeness (QED) is 0.550. The average Bonchev–Trinajstić information content (AvgIpc) is 2.54. The SMILES string of the molecule is Cc1cc(Cl)ccc1N/C=C(/C#N)C(=O)Nc1cccc(Cl)c1Cl. The van der Waals surface area contributed by atoms with Crippen LogP contribution in [-0.4, -0.2) is 5.91 Å². The molecule has 7 heteroatoms. The van der Waals surface area contributed by atoms with Crippen molar-refractivity contribution in [3.05, 3.63) is 68.8 Å². The maximum Gasteiger partial charge on any atom is 0.267 e. The van der Waals surface area contributed by atoms with Crippen molar-refractivity contribution in [1.82, 2.24) is 0 Å². The maximum atomic E-state index is 12.2. The van der Waals surface area contributed by atoms with Gasteiger partial charge in [0.25, 0.3) is 5.91 Å². The number of rotatable bonds is 4. The third-order valence-corrected chi connectivity index (χ3v) is 4.18. The number of nitriles is 1. The van der Waals surface area contributed by atoms with Crippen LogP contribution in [0.25, 0.3) is 0 Å². The minimum atomic E-state index is -0.596. The fourth-order valence-electron chi connectivity index (χ4n) is 1.88. The predicted octanol–water partition coefficient (Wildman–Crippen LogP) is 5.41. The third-order valence-electron chi connectivity index (χ3n) is 3.13. The van der Waals surface area contributed by atoms with Gasteiger partial charge in [0, 0.05) is 16.9 Å². The molecule has 0 radical (unpaired) electrons. The zero-order valence-corrected chi connectivity index (χ0v) is 14.8. The van der Waals surface area contributed by atoms with Crippen LogP contribution in [0.15, 0.2) is 48.2 Å². The van der Waals surface area contributed by atoms with Crippen molar-refractivity contribution in [3.63, 3.8) is 0 Å². The lowest BCUT2D eigenvalue weighted by atomic mass is 10.2. The fourth-order valence-corrected chi connectivity index (χ4v) is 2.45. The summed E-state index contributed by atoms with van der Waals surface area (Å²) in [5.74, 6) is -0.596. The van der Waals surface area contributed by atoms with Crippen molar-refractivity contribution in [2.24, 2.45) is 0 Å². The minimum Gasteiger partial charge on any atom is -0.360 e. The lowest BCUT2D eigenvalue weighted by molar-refractivity contribution is -0.112. The number of anilines is 2. The Bertz CT molecular complexity index is 857. The van der Waals surface area contributed by atoms with Gasteiger partial charge in [-0.25, -0.2) is 0 Å². The Balaban J connectivity index is 2.17. The molecule has 2 rings (SSSR count). The van der Waals surface area contributed by atoms with Crippen LogP contribution in [0.5, 0.6) is 0 Å². The van der Waals surface area contributed by atoms with Gasteiger partial charge in [-0.05, 0) is 42.8 Å². The van der Waals surface area contributed by atoms with E-state index in [0.29, 0.717) is 15.7 Å². The number of hydrogen-bond donors (Lipinski definition) is 2. The smallest absolute Gasteiger partial charge is 0.267 e. The largest absolute Gasteiger partial charge is 0.360 e. The molecule has 0 aliphatic carbocycles. The van der Waals surface area contributed by atoms with E-state index in [0.717, 1.165) is 11.3 Å². The second-order valence-corrected chi connectivity index (χ2v) is 6.05. The summed E-state index contributed by atoms with van der Waals surface area (Å²) in [6.45, 7) is 1.86. The topological polar surface area (TPSA) is 64.9 Å². The number of aryl methyl sites for hydroxylation is 1. The first-order valence-corrected chi connectivity index (χ1v) is 7.94. The summed E-state index contributed by atoms with van der Waals surface area (Å²) in [4.78, 5) is 12.2. The molecule has 0 bridgehead atoms. The summed E-state index contributed by atoms with van der Waals surface area (Å²) in [5, 5.41) is 15.8. The van der Waals surface area contributed by atoms with Crippen LogP contribution in [0, 0.1) is 18.3 Å². The summed E-state index contributed by atoms with van der Waals surface area (Å²) >= 11 is 17.8. The van der Waals surface area contributed by atoms with E-state index < -0.39 is 5.91 Å². The molecule has 0 spiro atoms. The summed E-state index contributed by atoms with van der Waals surface area (Å²) < 4.78 is 0. The van der Waals surface area contributed by atoms with Crippen molar-refractivity contribution >= 4 is 52.1 Å². The van der Waals surface area contributed by atoms with Crippen molar-refractivity contribution in [1.29, 1.82) is 5.26 Å². The summed E-state index contributed by atoms with van der Waals surface area (Å²) in [6, 6.07) is 11.9. The number of amides is 1. The number of carbonyl (C=O) groups excluding carboxylic acids is 1. The number of nitrogens with zero attached hydrogens (tertiary/aromatic N) is 1.